The van der Waals surface area contributed by atoms with Gasteiger partial charge in [-0.15, -0.1) is 0 Å². The molecule has 1 unspecified atom stereocenters. The molecule has 0 spiro atoms. The molecule has 210 valence electrons. The van der Waals surface area contributed by atoms with E-state index in [0.717, 1.165) is 22.5 Å². The second-order valence-electron chi connectivity index (χ2n) is 10.6. The molecule has 1 atom stereocenters. The van der Waals surface area contributed by atoms with Crippen molar-refractivity contribution in [3.8, 4) is 5.75 Å². The zero-order valence-corrected chi connectivity index (χ0v) is 24.6. The summed E-state index contributed by atoms with van der Waals surface area (Å²) in [4.78, 5) is 45.6. The average Bonchev–Trinajstić information content (AvgIpc) is 3.41. The van der Waals surface area contributed by atoms with E-state index in [1.165, 1.54) is 4.90 Å². The number of carbonyl (C=O) groups excluding carboxylic acids is 3. The lowest BCUT2D eigenvalue weighted by atomic mass is 9.85. The lowest BCUT2D eigenvalue weighted by Gasteiger charge is -2.25. The monoisotopic (exact) mass is 562 g/mol. The number of ketones is 1. The molecule has 3 aromatic rings. The third kappa shape index (κ3) is 5.38. The number of thiazole rings is 1. The number of amides is 1. The summed E-state index contributed by atoms with van der Waals surface area (Å²) < 4.78 is 10.8. The summed E-state index contributed by atoms with van der Waals surface area (Å²) >= 11 is 0.982. The summed E-state index contributed by atoms with van der Waals surface area (Å²) in [6, 6.07) is 11.8. The van der Waals surface area contributed by atoms with Gasteiger partial charge in [-0.2, -0.15) is 0 Å². The van der Waals surface area contributed by atoms with Gasteiger partial charge in [-0.1, -0.05) is 56.4 Å². The normalized spacial score (nSPS) is 16.9. The summed E-state index contributed by atoms with van der Waals surface area (Å²) in [7, 11) is 0. The molecule has 0 aliphatic carbocycles. The summed E-state index contributed by atoms with van der Waals surface area (Å²) in [5.41, 5.74) is 3.10. The number of aryl methyl sites for hydroxylation is 2. The van der Waals surface area contributed by atoms with Gasteiger partial charge in [-0.05, 0) is 68.0 Å². The molecule has 1 saturated heterocycles. The quantitative estimate of drug-likeness (QED) is 0.157. The molecule has 1 N–H and O–H groups in total. The van der Waals surface area contributed by atoms with E-state index in [4.69, 9.17) is 9.47 Å². The molecule has 1 fully saturated rings. The van der Waals surface area contributed by atoms with Crippen molar-refractivity contribution < 1.29 is 29.0 Å². The van der Waals surface area contributed by atoms with Crippen LogP contribution in [0.25, 0.3) is 5.76 Å². The fourth-order valence-electron chi connectivity index (χ4n) is 4.65. The number of rotatable bonds is 7. The SMILES string of the molecule is CCOC(=O)c1sc(N2C(=O)C(=O)/C(=C(/O)c3ccc(OCC)c(C)c3)C2c2ccc(C(C)(C)C)cc2)nc1C. The van der Waals surface area contributed by atoms with E-state index in [9.17, 15) is 19.5 Å². The van der Waals surface area contributed by atoms with Crippen LogP contribution in [-0.2, 0) is 19.7 Å². The molecule has 0 radical (unpaired) electrons. The van der Waals surface area contributed by atoms with Crippen LogP contribution < -0.4 is 9.64 Å². The molecular weight excluding hydrogens is 528 g/mol. The lowest BCUT2D eigenvalue weighted by molar-refractivity contribution is -0.132. The van der Waals surface area contributed by atoms with Gasteiger partial charge in [0.2, 0.25) is 0 Å². The Morgan fingerprint density at radius 2 is 1.73 bits per heavy atom. The Morgan fingerprint density at radius 1 is 1.05 bits per heavy atom. The largest absolute Gasteiger partial charge is 0.507 e. The molecule has 2 heterocycles. The van der Waals surface area contributed by atoms with E-state index in [1.54, 1.807) is 32.0 Å². The molecule has 40 heavy (non-hydrogen) atoms. The predicted molar refractivity (Wildman–Crippen MR) is 155 cm³/mol. The molecule has 0 saturated carbocycles. The van der Waals surface area contributed by atoms with Crippen molar-refractivity contribution in [1.82, 2.24) is 4.98 Å². The number of esters is 1. The number of benzene rings is 2. The minimum Gasteiger partial charge on any atom is -0.507 e. The van der Waals surface area contributed by atoms with Gasteiger partial charge in [0.15, 0.2) is 5.13 Å². The van der Waals surface area contributed by atoms with Gasteiger partial charge in [0, 0.05) is 5.56 Å². The summed E-state index contributed by atoms with van der Waals surface area (Å²) in [5.74, 6) is -1.84. The van der Waals surface area contributed by atoms with Crippen molar-refractivity contribution in [2.45, 2.75) is 59.9 Å². The Kier molecular flexibility index (Phi) is 8.16. The highest BCUT2D eigenvalue weighted by Gasteiger charge is 2.48. The van der Waals surface area contributed by atoms with Crippen LogP contribution in [0.5, 0.6) is 5.75 Å². The number of nitrogens with zero attached hydrogens (tertiary/aromatic N) is 2. The van der Waals surface area contributed by atoms with Crippen LogP contribution in [0.4, 0.5) is 5.13 Å². The maximum absolute atomic E-state index is 13.5. The number of Topliss-reactive ketones (excluding diaryl/α,β-unsaturated/α-hetero) is 1. The van der Waals surface area contributed by atoms with Crippen molar-refractivity contribution in [1.29, 1.82) is 0 Å². The van der Waals surface area contributed by atoms with Crippen LogP contribution in [0, 0.1) is 13.8 Å². The molecule has 0 bridgehead atoms. The van der Waals surface area contributed by atoms with Gasteiger partial charge >= 0.3 is 11.9 Å². The van der Waals surface area contributed by atoms with Gasteiger partial charge in [0.1, 0.15) is 16.4 Å². The molecule has 1 aromatic heterocycles. The maximum atomic E-state index is 13.5. The number of hydrogen-bond acceptors (Lipinski definition) is 8. The Morgan fingerprint density at radius 3 is 2.30 bits per heavy atom. The van der Waals surface area contributed by atoms with Crippen molar-refractivity contribution in [2.24, 2.45) is 0 Å². The van der Waals surface area contributed by atoms with Crippen molar-refractivity contribution in [3.63, 3.8) is 0 Å². The average molecular weight is 563 g/mol. The van der Waals surface area contributed by atoms with Crippen LogP contribution in [0.1, 0.15) is 78.3 Å². The Bertz CT molecular complexity index is 1500. The van der Waals surface area contributed by atoms with Crippen LogP contribution in [0.2, 0.25) is 0 Å². The first kappa shape index (κ1) is 29.0. The summed E-state index contributed by atoms with van der Waals surface area (Å²) in [5, 5.41) is 11.7. The van der Waals surface area contributed by atoms with E-state index in [1.807, 2.05) is 38.1 Å². The highest BCUT2D eigenvalue weighted by Crippen LogP contribution is 2.44. The first-order valence-electron chi connectivity index (χ1n) is 13.2. The third-order valence-corrected chi connectivity index (χ3v) is 7.87. The predicted octanol–water partition coefficient (Wildman–Crippen LogP) is 6.26. The molecule has 8 nitrogen and oxygen atoms in total. The number of carbonyl (C=O) groups is 3. The highest BCUT2D eigenvalue weighted by atomic mass is 32.1. The van der Waals surface area contributed by atoms with E-state index in [2.05, 4.69) is 25.8 Å². The van der Waals surface area contributed by atoms with Gasteiger partial charge in [-0.3, -0.25) is 14.5 Å². The Hall–Kier alpha value is -3.98. The molecular formula is C31H34N2O6S. The fraction of sp³-hybridized carbons (Fsp3) is 0.355. The van der Waals surface area contributed by atoms with Crippen LogP contribution in [0.3, 0.4) is 0 Å². The maximum Gasteiger partial charge on any atom is 0.350 e. The minimum atomic E-state index is -0.957. The highest BCUT2D eigenvalue weighted by molar-refractivity contribution is 7.17. The molecule has 1 amide bonds. The summed E-state index contributed by atoms with van der Waals surface area (Å²) in [6.45, 7) is 14.1. The number of anilines is 1. The second-order valence-corrected chi connectivity index (χ2v) is 11.6. The van der Waals surface area contributed by atoms with E-state index in [-0.39, 0.29) is 33.4 Å². The number of aliphatic hydroxyl groups excluding tert-OH is 1. The molecule has 1 aliphatic rings. The minimum absolute atomic E-state index is 0.0531. The second kappa shape index (κ2) is 11.3. The van der Waals surface area contributed by atoms with Crippen LogP contribution >= 0.6 is 11.3 Å². The van der Waals surface area contributed by atoms with E-state index >= 15 is 0 Å². The smallest absolute Gasteiger partial charge is 0.350 e. The fourth-order valence-corrected chi connectivity index (χ4v) is 5.64. The number of ether oxygens (including phenoxy) is 2. The lowest BCUT2D eigenvalue weighted by Crippen LogP contribution is -2.29. The van der Waals surface area contributed by atoms with E-state index < -0.39 is 23.7 Å². The zero-order valence-electron chi connectivity index (χ0n) is 23.8. The summed E-state index contributed by atoms with van der Waals surface area (Å²) in [6.07, 6.45) is 0. The number of hydrogen-bond donors (Lipinski definition) is 1. The van der Waals surface area contributed by atoms with Crippen molar-refractivity contribution in [3.05, 3.63) is 80.9 Å². The number of aromatic nitrogens is 1. The Labute approximate surface area is 238 Å². The molecule has 2 aromatic carbocycles. The van der Waals surface area contributed by atoms with Crippen molar-refractivity contribution in [2.75, 3.05) is 18.1 Å². The van der Waals surface area contributed by atoms with Gasteiger partial charge in [0.25, 0.3) is 5.78 Å². The van der Waals surface area contributed by atoms with Gasteiger partial charge < -0.3 is 14.6 Å². The zero-order chi connectivity index (χ0) is 29.4. The van der Waals surface area contributed by atoms with E-state index in [0.29, 0.717) is 29.2 Å². The standard InChI is InChI=1S/C31H34N2O6S/c1-8-38-22-15-12-20(16-17(22)3)25(34)23-24(19-10-13-21(14-11-19)31(5,6)7)33(28(36)26(23)35)30-32-18(4)27(40-30)29(37)39-9-2/h10-16,24,34H,8-9H2,1-7H3/b25-23+. The van der Waals surface area contributed by atoms with Crippen LogP contribution in [0.15, 0.2) is 48.0 Å². The van der Waals surface area contributed by atoms with Gasteiger partial charge in [0.05, 0.1) is 30.5 Å². The topological polar surface area (TPSA) is 106 Å². The van der Waals surface area contributed by atoms with Crippen molar-refractivity contribution >= 4 is 39.9 Å². The molecule has 9 heteroatoms. The first-order chi connectivity index (χ1) is 18.9. The molecule has 1 aliphatic heterocycles. The first-order valence-corrected chi connectivity index (χ1v) is 14.0. The van der Waals surface area contributed by atoms with Crippen LogP contribution in [-0.4, -0.2) is 41.0 Å². The number of aliphatic hydroxyl groups is 1. The Balaban J connectivity index is 1.91. The molecule has 4 rings (SSSR count). The van der Waals surface area contributed by atoms with Gasteiger partial charge in [-0.25, -0.2) is 9.78 Å². The third-order valence-electron chi connectivity index (χ3n) is 6.74.